The van der Waals surface area contributed by atoms with Gasteiger partial charge in [0.2, 0.25) is 0 Å². The highest BCUT2D eigenvalue weighted by molar-refractivity contribution is 7.98. The molecule has 0 amide bonds. The minimum atomic E-state index is -0.412. The Morgan fingerprint density at radius 1 is 0.889 bits per heavy atom. The summed E-state index contributed by atoms with van der Waals surface area (Å²) in [4.78, 5) is 30.8. The Kier molecular flexibility index (Phi) is 5.54. The molecule has 2 aromatic heterocycles. The fourth-order valence-corrected chi connectivity index (χ4v) is 5.46. The number of thioether (sulfide) groups is 1. The van der Waals surface area contributed by atoms with E-state index >= 15 is 0 Å². The Labute approximate surface area is 209 Å². The zero-order valence-electron chi connectivity index (χ0n) is 19.3. The summed E-state index contributed by atoms with van der Waals surface area (Å²) >= 11 is 1.40. The summed E-state index contributed by atoms with van der Waals surface area (Å²) in [5, 5.41) is 4.00. The first-order valence-electron chi connectivity index (χ1n) is 11.4. The first-order valence-corrected chi connectivity index (χ1v) is 12.3. The van der Waals surface area contributed by atoms with Crippen molar-refractivity contribution >= 4 is 44.4 Å². The van der Waals surface area contributed by atoms with Crippen molar-refractivity contribution in [2.45, 2.75) is 10.9 Å². The van der Waals surface area contributed by atoms with Gasteiger partial charge in [-0.3, -0.25) is 9.36 Å². The fraction of sp³-hybridized carbons (Fsp3) is 0.0690. The maximum atomic E-state index is 13.6. The Morgan fingerprint density at radius 3 is 2.56 bits per heavy atom. The van der Waals surface area contributed by atoms with Gasteiger partial charge >= 0.3 is 5.63 Å². The van der Waals surface area contributed by atoms with E-state index in [4.69, 9.17) is 14.1 Å². The molecule has 7 heteroatoms. The summed E-state index contributed by atoms with van der Waals surface area (Å²) in [6.07, 6.45) is 0. The maximum absolute atomic E-state index is 13.6. The van der Waals surface area contributed by atoms with Crippen LogP contribution in [0.15, 0.2) is 110 Å². The lowest BCUT2D eigenvalue weighted by molar-refractivity contribution is 0.414. The van der Waals surface area contributed by atoms with Crippen LogP contribution >= 0.6 is 11.8 Å². The van der Waals surface area contributed by atoms with E-state index in [1.165, 1.54) is 17.8 Å². The highest BCUT2D eigenvalue weighted by Crippen LogP contribution is 2.32. The first kappa shape index (κ1) is 22.1. The van der Waals surface area contributed by atoms with E-state index in [2.05, 4.69) is 0 Å². The summed E-state index contributed by atoms with van der Waals surface area (Å²) in [5.41, 5.74) is 2.05. The van der Waals surface area contributed by atoms with E-state index in [0.717, 1.165) is 21.7 Å². The lowest BCUT2D eigenvalue weighted by Crippen LogP contribution is -2.21. The van der Waals surface area contributed by atoms with E-state index in [0.29, 0.717) is 38.8 Å². The monoisotopic (exact) mass is 492 g/mol. The molecule has 6 nitrogen and oxygen atoms in total. The summed E-state index contributed by atoms with van der Waals surface area (Å²) in [6, 6.07) is 27.9. The van der Waals surface area contributed by atoms with Crippen molar-refractivity contribution in [3.05, 3.63) is 117 Å². The van der Waals surface area contributed by atoms with Gasteiger partial charge in [0.1, 0.15) is 11.3 Å². The highest BCUT2D eigenvalue weighted by atomic mass is 32.2. The zero-order valence-corrected chi connectivity index (χ0v) is 20.1. The molecule has 0 N–H and O–H groups in total. The number of fused-ring (bicyclic) bond motifs is 4. The van der Waals surface area contributed by atoms with Crippen LogP contribution in [0.1, 0.15) is 5.56 Å². The lowest BCUT2D eigenvalue weighted by Gasteiger charge is -2.14. The summed E-state index contributed by atoms with van der Waals surface area (Å²) in [7, 11) is 1.59. The topological polar surface area (TPSA) is 74.3 Å². The third kappa shape index (κ3) is 3.83. The van der Waals surface area contributed by atoms with E-state index < -0.39 is 5.63 Å². The smallest absolute Gasteiger partial charge is 0.336 e. The van der Waals surface area contributed by atoms with Crippen LogP contribution in [0.2, 0.25) is 0 Å². The second-order valence-corrected chi connectivity index (χ2v) is 9.24. The zero-order chi connectivity index (χ0) is 24.6. The van der Waals surface area contributed by atoms with E-state index in [9.17, 15) is 9.59 Å². The number of methoxy groups -OCH3 is 1. The molecule has 0 saturated heterocycles. The molecule has 6 rings (SSSR count). The van der Waals surface area contributed by atoms with Crippen LogP contribution in [0.5, 0.6) is 5.75 Å². The van der Waals surface area contributed by atoms with Crippen molar-refractivity contribution in [1.82, 2.24) is 9.55 Å². The highest BCUT2D eigenvalue weighted by Gasteiger charge is 2.16. The van der Waals surface area contributed by atoms with E-state index in [-0.39, 0.29) is 5.56 Å². The molecule has 0 spiro atoms. The molecule has 0 aliphatic heterocycles. The molecule has 36 heavy (non-hydrogen) atoms. The third-order valence-electron chi connectivity index (χ3n) is 6.13. The number of para-hydroxylation sites is 1. The summed E-state index contributed by atoms with van der Waals surface area (Å²) in [5.74, 6) is 1.06. The van der Waals surface area contributed by atoms with Crippen LogP contribution in [0.25, 0.3) is 38.3 Å². The van der Waals surface area contributed by atoms with E-state index in [1.54, 1.807) is 17.7 Å². The number of rotatable bonds is 5. The second-order valence-electron chi connectivity index (χ2n) is 8.29. The van der Waals surface area contributed by atoms with Gasteiger partial charge in [0.25, 0.3) is 5.56 Å². The molecule has 0 unspecified atom stereocenters. The average Bonchev–Trinajstić information content (AvgIpc) is 2.91. The lowest BCUT2D eigenvalue weighted by atomic mass is 10.0. The van der Waals surface area contributed by atoms with Crippen molar-refractivity contribution < 1.29 is 9.15 Å². The molecule has 0 bridgehead atoms. The fourth-order valence-electron chi connectivity index (χ4n) is 4.46. The molecule has 0 atom stereocenters. The van der Waals surface area contributed by atoms with Gasteiger partial charge in [-0.15, -0.1) is 0 Å². The number of nitrogens with zero attached hydrogens (tertiary/aromatic N) is 2. The predicted octanol–water partition coefficient (Wildman–Crippen LogP) is 5.95. The molecule has 0 saturated carbocycles. The van der Waals surface area contributed by atoms with Gasteiger partial charge in [0.05, 0.1) is 23.7 Å². The minimum absolute atomic E-state index is 0.167. The number of ether oxygens (including phenoxy) is 1. The average molecular weight is 493 g/mol. The Morgan fingerprint density at radius 2 is 1.69 bits per heavy atom. The van der Waals surface area contributed by atoms with Gasteiger partial charge in [0, 0.05) is 23.3 Å². The minimum Gasteiger partial charge on any atom is -0.497 e. The van der Waals surface area contributed by atoms with Crippen molar-refractivity contribution in [2.24, 2.45) is 0 Å². The van der Waals surface area contributed by atoms with Gasteiger partial charge in [-0.2, -0.15) is 0 Å². The van der Waals surface area contributed by atoms with Crippen LogP contribution in [0.4, 0.5) is 0 Å². The molecule has 176 valence electrons. The molecule has 6 aromatic rings. The van der Waals surface area contributed by atoms with Gasteiger partial charge in [-0.25, -0.2) is 9.78 Å². The van der Waals surface area contributed by atoms with Gasteiger partial charge in [0.15, 0.2) is 5.16 Å². The number of benzene rings is 4. The van der Waals surface area contributed by atoms with Crippen LogP contribution in [0.3, 0.4) is 0 Å². The van der Waals surface area contributed by atoms with E-state index in [1.807, 2.05) is 78.9 Å². The van der Waals surface area contributed by atoms with Crippen LogP contribution in [0, 0.1) is 0 Å². The molecular formula is C29H20N2O4S. The number of aromatic nitrogens is 2. The summed E-state index contributed by atoms with van der Waals surface area (Å²) in [6.45, 7) is 0. The standard InChI is InChI=1S/C29H20N2O4S/c1-34-21-9-6-8-20(16-21)31-28(33)23-11-4-5-12-24(23)30-29(31)36-17-19-15-26(32)35-25-14-13-18-7-2-3-10-22(18)27(19)25/h2-16H,17H2,1H3. The molecule has 2 heterocycles. The SMILES string of the molecule is COc1cccc(-n2c(SCc3cc(=O)oc4ccc5ccccc5c34)nc3ccccc3c2=O)c1. The van der Waals surface area contributed by atoms with Crippen LogP contribution < -0.4 is 15.9 Å². The Balaban J connectivity index is 1.53. The molecular weight excluding hydrogens is 472 g/mol. The first-order chi connectivity index (χ1) is 17.6. The maximum Gasteiger partial charge on any atom is 0.336 e. The molecule has 4 aromatic carbocycles. The third-order valence-corrected chi connectivity index (χ3v) is 7.12. The molecule has 0 aliphatic rings. The normalized spacial score (nSPS) is 11.4. The molecule has 0 aliphatic carbocycles. The van der Waals surface area contributed by atoms with Crippen molar-refractivity contribution in [3.63, 3.8) is 0 Å². The molecule has 0 fully saturated rings. The molecule has 0 radical (unpaired) electrons. The largest absolute Gasteiger partial charge is 0.497 e. The van der Waals surface area contributed by atoms with Gasteiger partial charge in [-0.1, -0.05) is 60.3 Å². The van der Waals surface area contributed by atoms with Crippen LogP contribution in [-0.4, -0.2) is 16.7 Å². The number of hydrogen-bond acceptors (Lipinski definition) is 6. The second kappa shape index (κ2) is 9.02. The summed E-state index contributed by atoms with van der Waals surface area (Å²) < 4.78 is 12.5. The Hall–Kier alpha value is -4.36. The Bertz CT molecular complexity index is 1890. The van der Waals surface area contributed by atoms with Crippen molar-refractivity contribution in [1.29, 1.82) is 0 Å². The quantitative estimate of drug-likeness (QED) is 0.128. The van der Waals surface area contributed by atoms with Crippen LogP contribution in [-0.2, 0) is 5.75 Å². The number of hydrogen-bond donors (Lipinski definition) is 0. The van der Waals surface area contributed by atoms with Crippen molar-refractivity contribution in [3.8, 4) is 11.4 Å². The van der Waals surface area contributed by atoms with Gasteiger partial charge < -0.3 is 9.15 Å². The predicted molar refractivity (Wildman–Crippen MR) is 143 cm³/mol. The van der Waals surface area contributed by atoms with Crippen molar-refractivity contribution in [2.75, 3.05) is 7.11 Å². The van der Waals surface area contributed by atoms with Gasteiger partial charge in [-0.05, 0) is 46.7 Å².